The van der Waals surface area contributed by atoms with Gasteiger partial charge in [-0.2, -0.15) is 0 Å². The number of anilines is 1. The first-order valence-corrected chi connectivity index (χ1v) is 6.22. The molecule has 0 aliphatic carbocycles. The van der Waals surface area contributed by atoms with Gasteiger partial charge >= 0.3 is 6.03 Å². The molecule has 0 saturated carbocycles. The number of nitrogens with zero attached hydrogens (tertiary/aromatic N) is 1. The van der Waals surface area contributed by atoms with Crippen LogP contribution in [0.15, 0.2) is 24.3 Å². The van der Waals surface area contributed by atoms with Gasteiger partial charge in [-0.3, -0.25) is 4.90 Å². The Morgan fingerprint density at radius 1 is 1.29 bits per heavy atom. The van der Waals surface area contributed by atoms with Crippen molar-refractivity contribution in [2.45, 2.75) is 25.4 Å². The van der Waals surface area contributed by atoms with E-state index in [1.54, 1.807) is 0 Å². The van der Waals surface area contributed by atoms with Gasteiger partial charge in [-0.25, -0.2) is 4.79 Å². The van der Waals surface area contributed by atoms with Crippen LogP contribution in [0.4, 0.5) is 10.5 Å². The summed E-state index contributed by atoms with van der Waals surface area (Å²) in [7, 11) is 0. The van der Waals surface area contributed by atoms with Gasteiger partial charge in [0.05, 0.1) is 11.7 Å². The lowest BCUT2D eigenvalue weighted by Gasteiger charge is -2.38. The van der Waals surface area contributed by atoms with E-state index >= 15 is 0 Å². The maximum atomic E-state index is 12.0. The number of hydrogen-bond acceptors (Lipinski definition) is 2. The third kappa shape index (κ3) is 1.89. The number of fused-ring (bicyclic) bond motifs is 1. The molecule has 1 fully saturated rings. The molecule has 2 aliphatic heterocycles. The SMILES string of the molecule is O=C1NCc2ccccc2N1C1CCCNC1. The topological polar surface area (TPSA) is 44.4 Å². The molecule has 2 amide bonds. The summed E-state index contributed by atoms with van der Waals surface area (Å²) in [5.41, 5.74) is 2.28. The number of benzene rings is 1. The number of piperidine rings is 1. The quantitative estimate of drug-likeness (QED) is 0.768. The molecule has 1 saturated heterocycles. The molecule has 4 heteroatoms. The first kappa shape index (κ1) is 10.6. The van der Waals surface area contributed by atoms with Gasteiger partial charge in [0, 0.05) is 13.1 Å². The maximum absolute atomic E-state index is 12.0. The highest BCUT2D eigenvalue weighted by molar-refractivity contribution is 5.95. The summed E-state index contributed by atoms with van der Waals surface area (Å²) in [5.74, 6) is 0. The van der Waals surface area contributed by atoms with E-state index in [0.29, 0.717) is 6.54 Å². The predicted octanol–water partition coefficient (Wildman–Crippen LogP) is 1.47. The molecule has 2 heterocycles. The molecule has 1 aromatic rings. The molecule has 0 spiro atoms. The number of carbonyl (C=O) groups excluding carboxylic acids is 1. The summed E-state index contributed by atoms with van der Waals surface area (Å²) in [6, 6.07) is 8.47. The van der Waals surface area contributed by atoms with E-state index in [2.05, 4.69) is 16.7 Å². The monoisotopic (exact) mass is 231 g/mol. The van der Waals surface area contributed by atoms with E-state index in [9.17, 15) is 4.79 Å². The lowest BCUT2D eigenvalue weighted by molar-refractivity contribution is 0.240. The number of para-hydroxylation sites is 1. The Morgan fingerprint density at radius 3 is 3.00 bits per heavy atom. The second kappa shape index (κ2) is 4.37. The van der Waals surface area contributed by atoms with Crippen LogP contribution in [0.5, 0.6) is 0 Å². The minimum absolute atomic E-state index is 0.0393. The van der Waals surface area contributed by atoms with Crippen LogP contribution >= 0.6 is 0 Å². The van der Waals surface area contributed by atoms with Gasteiger partial charge in [0.1, 0.15) is 0 Å². The van der Waals surface area contributed by atoms with Crippen LogP contribution in [0.25, 0.3) is 0 Å². The second-order valence-corrected chi connectivity index (χ2v) is 4.66. The van der Waals surface area contributed by atoms with E-state index in [1.807, 2.05) is 23.1 Å². The molecule has 17 heavy (non-hydrogen) atoms. The summed E-state index contributed by atoms with van der Waals surface area (Å²) < 4.78 is 0. The third-order valence-corrected chi connectivity index (χ3v) is 3.54. The van der Waals surface area contributed by atoms with Crippen molar-refractivity contribution < 1.29 is 4.79 Å². The Morgan fingerprint density at radius 2 is 2.18 bits per heavy atom. The molecule has 1 unspecified atom stereocenters. The third-order valence-electron chi connectivity index (χ3n) is 3.54. The Labute approximate surface area is 101 Å². The van der Waals surface area contributed by atoms with Crippen LogP contribution in [0.1, 0.15) is 18.4 Å². The zero-order valence-corrected chi connectivity index (χ0v) is 9.78. The zero-order chi connectivity index (χ0) is 11.7. The van der Waals surface area contributed by atoms with E-state index < -0.39 is 0 Å². The molecule has 1 atom stereocenters. The molecule has 2 aliphatic rings. The lowest BCUT2D eigenvalue weighted by atomic mass is 10.0. The molecule has 3 rings (SSSR count). The fourth-order valence-electron chi connectivity index (χ4n) is 2.68. The van der Waals surface area contributed by atoms with Crippen molar-refractivity contribution in [2.24, 2.45) is 0 Å². The number of amides is 2. The van der Waals surface area contributed by atoms with Gasteiger partial charge in [0.2, 0.25) is 0 Å². The first-order chi connectivity index (χ1) is 8.36. The van der Waals surface area contributed by atoms with Crippen LogP contribution in [0, 0.1) is 0 Å². The first-order valence-electron chi connectivity index (χ1n) is 6.22. The van der Waals surface area contributed by atoms with Crippen molar-refractivity contribution in [1.82, 2.24) is 10.6 Å². The number of hydrogen-bond donors (Lipinski definition) is 2. The highest BCUT2D eigenvalue weighted by Gasteiger charge is 2.30. The number of nitrogens with one attached hydrogen (secondary N) is 2. The molecule has 2 N–H and O–H groups in total. The average molecular weight is 231 g/mol. The van der Waals surface area contributed by atoms with Crippen molar-refractivity contribution in [1.29, 1.82) is 0 Å². The molecule has 4 nitrogen and oxygen atoms in total. The minimum Gasteiger partial charge on any atom is -0.334 e. The van der Waals surface area contributed by atoms with E-state index in [-0.39, 0.29) is 12.1 Å². The predicted molar refractivity (Wildman–Crippen MR) is 67.0 cm³/mol. The van der Waals surface area contributed by atoms with Gasteiger partial charge in [-0.1, -0.05) is 18.2 Å². The average Bonchev–Trinajstić information content (AvgIpc) is 2.39. The van der Waals surface area contributed by atoms with Gasteiger partial charge in [0.15, 0.2) is 0 Å². The Kier molecular flexibility index (Phi) is 2.73. The van der Waals surface area contributed by atoms with Gasteiger partial charge < -0.3 is 10.6 Å². The van der Waals surface area contributed by atoms with E-state index in [0.717, 1.165) is 31.6 Å². The zero-order valence-electron chi connectivity index (χ0n) is 9.78. The van der Waals surface area contributed by atoms with Crippen molar-refractivity contribution in [2.75, 3.05) is 18.0 Å². The van der Waals surface area contributed by atoms with Crippen molar-refractivity contribution >= 4 is 11.7 Å². The number of carbonyl (C=O) groups is 1. The normalized spacial score (nSPS) is 24.1. The summed E-state index contributed by atoms with van der Waals surface area (Å²) in [6.45, 7) is 2.60. The molecule has 0 aromatic heterocycles. The van der Waals surface area contributed by atoms with Gasteiger partial charge in [0.25, 0.3) is 0 Å². The minimum atomic E-state index is 0.0393. The molecule has 90 valence electrons. The van der Waals surface area contributed by atoms with Crippen LogP contribution in [0.2, 0.25) is 0 Å². The van der Waals surface area contributed by atoms with Crippen molar-refractivity contribution in [3.8, 4) is 0 Å². The second-order valence-electron chi connectivity index (χ2n) is 4.66. The molecule has 1 aromatic carbocycles. The molecule has 0 bridgehead atoms. The highest BCUT2D eigenvalue weighted by Crippen LogP contribution is 2.27. The summed E-state index contributed by atoms with van der Waals surface area (Å²) >= 11 is 0. The van der Waals surface area contributed by atoms with Crippen LogP contribution in [-0.4, -0.2) is 25.2 Å². The largest absolute Gasteiger partial charge is 0.334 e. The fraction of sp³-hybridized carbons (Fsp3) is 0.462. The van der Waals surface area contributed by atoms with Crippen LogP contribution in [-0.2, 0) is 6.54 Å². The standard InChI is InChI=1S/C13H17N3O/c17-13-15-8-10-4-1-2-6-12(10)16(13)11-5-3-7-14-9-11/h1-2,4,6,11,14H,3,5,7-9H2,(H,15,17). The number of urea groups is 1. The van der Waals surface area contributed by atoms with Gasteiger partial charge in [-0.05, 0) is 31.0 Å². The molecule has 0 radical (unpaired) electrons. The molecular formula is C13H17N3O. The Hall–Kier alpha value is -1.55. The van der Waals surface area contributed by atoms with E-state index in [1.165, 1.54) is 5.56 Å². The summed E-state index contributed by atoms with van der Waals surface area (Å²) in [6.07, 6.45) is 2.21. The fourth-order valence-corrected chi connectivity index (χ4v) is 2.68. The van der Waals surface area contributed by atoms with Crippen LogP contribution < -0.4 is 15.5 Å². The molecular weight excluding hydrogens is 214 g/mol. The lowest BCUT2D eigenvalue weighted by Crippen LogP contribution is -2.54. The van der Waals surface area contributed by atoms with Gasteiger partial charge in [-0.15, -0.1) is 0 Å². The van der Waals surface area contributed by atoms with Crippen molar-refractivity contribution in [3.05, 3.63) is 29.8 Å². The smallest absolute Gasteiger partial charge is 0.322 e. The van der Waals surface area contributed by atoms with E-state index in [4.69, 9.17) is 0 Å². The van der Waals surface area contributed by atoms with Crippen molar-refractivity contribution in [3.63, 3.8) is 0 Å². The number of rotatable bonds is 1. The Bertz CT molecular complexity index is 426. The maximum Gasteiger partial charge on any atom is 0.322 e. The highest BCUT2D eigenvalue weighted by atomic mass is 16.2. The Balaban J connectivity index is 1.94. The summed E-state index contributed by atoms with van der Waals surface area (Å²) in [5, 5.41) is 6.31. The summed E-state index contributed by atoms with van der Waals surface area (Å²) in [4.78, 5) is 14.0. The van der Waals surface area contributed by atoms with Crippen LogP contribution in [0.3, 0.4) is 0 Å².